The Balaban J connectivity index is 5.18. The number of amides is 2. The number of rotatable bonds is 9. The summed E-state index contributed by atoms with van der Waals surface area (Å²) in [7, 11) is 0. The lowest BCUT2D eigenvalue weighted by Crippen LogP contribution is -2.86. The molecule has 0 saturated carbocycles. The Morgan fingerprint density at radius 1 is 1.08 bits per heavy atom. The van der Waals surface area contributed by atoms with Crippen molar-refractivity contribution < 1.29 is 19.8 Å². The van der Waals surface area contributed by atoms with Crippen LogP contribution < -0.4 is 21.1 Å². The number of carbonyl (C=O) groups is 2. The minimum Gasteiger partial charge on any atom is -0.350 e. The number of nitrogens with one attached hydrogen (secondary N) is 4. The van der Waals surface area contributed by atoms with Gasteiger partial charge in [-0.3, -0.25) is 19.8 Å². The molecule has 0 aliphatic rings. The minimum atomic E-state index is -0.611. The van der Waals surface area contributed by atoms with E-state index in [-0.39, 0.29) is 17.9 Å². The van der Waals surface area contributed by atoms with Gasteiger partial charge in [-0.1, -0.05) is 40.3 Å². The summed E-state index contributed by atoms with van der Waals surface area (Å²) in [4.78, 5) is 26.7. The maximum absolute atomic E-state index is 12.6. The average molecular weight is 365 g/mol. The fourth-order valence-electron chi connectivity index (χ4n) is 1.83. The molecular formula is C19H33N4O3+. The Hall–Kier alpha value is -2.41. The molecule has 0 unspecified atom stereocenters. The van der Waals surface area contributed by atoms with E-state index in [0.717, 1.165) is 5.57 Å². The molecule has 2 amide bonds. The third-order valence-electron chi connectivity index (χ3n) is 3.90. The second kappa shape index (κ2) is 12.0. The van der Waals surface area contributed by atoms with Crippen molar-refractivity contribution in [3.8, 4) is 0 Å². The summed E-state index contributed by atoms with van der Waals surface area (Å²) in [6, 6.07) is -0.336. The highest BCUT2D eigenvalue weighted by Crippen LogP contribution is 2.02. The fourth-order valence-corrected chi connectivity index (χ4v) is 1.83. The van der Waals surface area contributed by atoms with Gasteiger partial charge in [0.2, 0.25) is 0 Å². The highest BCUT2D eigenvalue weighted by atomic mass is 16.5. The van der Waals surface area contributed by atoms with Crippen molar-refractivity contribution in [3.05, 3.63) is 36.6 Å². The first-order valence-electron chi connectivity index (χ1n) is 8.74. The molecule has 0 aromatic carbocycles. The van der Waals surface area contributed by atoms with Crippen LogP contribution in [0.25, 0.3) is 0 Å². The summed E-state index contributed by atoms with van der Waals surface area (Å²) < 4.78 is 0. The van der Waals surface area contributed by atoms with Crippen molar-refractivity contribution in [2.24, 2.45) is 11.8 Å². The highest BCUT2D eigenvalue weighted by molar-refractivity contribution is 5.90. The van der Waals surface area contributed by atoms with E-state index in [0.29, 0.717) is 11.8 Å². The number of hydroxylamine groups is 1. The maximum Gasteiger partial charge on any atom is 0.272 e. The Morgan fingerprint density at radius 3 is 2.15 bits per heavy atom. The lowest BCUT2D eigenvalue weighted by Gasteiger charge is -2.21. The van der Waals surface area contributed by atoms with E-state index >= 15 is 0 Å². The molecule has 0 heterocycles. The minimum absolute atomic E-state index is 0.0671. The summed E-state index contributed by atoms with van der Waals surface area (Å²) in [5.74, 6) is 0.322. The molecule has 0 rings (SSSR count). The largest absolute Gasteiger partial charge is 0.350 e. The van der Waals surface area contributed by atoms with Gasteiger partial charge in [-0.05, 0) is 25.3 Å². The quantitative estimate of drug-likeness (QED) is 0.102. The van der Waals surface area contributed by atoms with E-state index in [1.54, 1.807) is 19.2 Å². The Labute approximate surface area is 156 Å². The molecule has 0 spiro atoms. The van der Waals surface area contributed by atoms with Gasteiger partial charge in [0.15, 0.2) is 6.04 Å². The second-order valence-electron chi connectivity index (χ2n) is 6.87. The summed E-state index contributed by atoms with van der Waals surface area (Å²) in [5.41, 5.74) is 2.26. The molecule has 0 aromatic rings. The standard InChI is InChI=1S/C19H32N4O3/c1-8-16(20-11-14(6)9-10-17(24)23-26)22-18(13(4)5)19(25)21-15(7)12(2)3/h8-13,15,18,26H,1H2,2-7H3,(H,20,22)(H,21,25)(H,23,24)/p+1/b10-9+,14-11+/t15-,18+/m0/s1. The van der Waals surface area contributed by atoms with E-state index in [2.05, 4.69) is 36.1 Å². The summed E-state index contributed by atoms with van der Waals surface area (Å²) in [6.07, 6.45) is 5.99. The molecule has 0 aliphatic heterocycles. The second-order valence-corrected chi connectivity index (χ2v) is 6.87. The van der Waals surface area contributed by atoms with E-state index in [1.807, 2.05) is 20.8 Å². The van der Waals surface area contributed by atoms with Crippen molar-refractivity contribution in [2.75, 3.05) is 0 Å². The topological polar surface area (TPSA) is 104 Å². The van der Waals surface area contributed by atoms with E-state index in [9.17, 15) is 9.59 Å². The van der Waals surface area contributed by atoms with Gasteiger partial charge in [-0.25, -0.2) is 10.8 Å². The van der Waals surface area contributed by atoms with Crippen LogP contribution in [-0.4, -0.2) is 34.9 Å². The van der Waals surface area contributed by atoms with Gasteiger partial charge in [0.05, 0.1) is 6.20 Å². The zero-order chi connectivity index (χ0) is 20.3. The average Bonchev–Trinajstić information content (AvgIpc) is 2.58. The van der Waals surface area contributed by atoms with Crippen LogP contribution in [0.15, 0.2) is 36.6 Å². The van der Waals surface area contributed by atoms with Gasteiger partial charge < -0.3 is 5.32 Å². The Morgan fingerprint density at radius 2 is 1.69 bits per heavy atom. The summed E-state index contributed by atoms with van der Waals surface area (Å²) in [5, 5.41) is 14.5. The van der Waals surface area contributed by atoms with E-state index in [1.165, 1.54) is 17.6 Å². The molecule has 0 saturated heterocycles. The molecule has 0 aliphatic carbocycles. The smallest absolute Gasteiger partial charge is 0.272 e. The van der Waals surface area contributed by atoms with Crippen LogP contribution in [0, 0.1) is 11.8 Å². The molecule has 2 atom stereocenters. The van der Waals surface area contributed by atoms with Crippen molar-refractivity contribution in [1.29, 1.82) is 0 Å². The molecule has 146 valence electrons. The normalized spacial score (nSPS) is 15.1. The predicted molar refractivity (Wildman–Crippen MR) is 103 cm³/mol. The number of hydrogen-bond donors (Lipinski definition) is 5. The number of amidine groups is 1. The van der Waals surface area contributed by atoms with Crippen LogP contribution in [0.3, 0.4) is 0 Å². The first-order valence-corrected chi connectivity index (χ1v) is 8.74. The van der Waals surface area contributed by atoms with Crippen molar-refractivity contribution in [2.45, 2.75) is 53.6 Å². The predicted octanol–water partition coefficient (Wildman–Crippen LogP) is 0.392. The molecule has 0 radical (unpaired) electrons. The van der Waals surface area contributed by atoms with Gasteiger partial charge >= 0.3 is 0 Å². The van der Waals surface area contributed by atoms with Crippen LogP contribution >= 0.6 is 0 Å². The first kappa shape index (κ1) is 23.6. The van der Waals surface area contributed by atoms with Crippen LogP contribution in [-0.2, 0) is 9.59 Å². The molecule has 26 heavy (non-hydrogen) atoms. The molecule has 0 fully saturated rings. The summed E-state index contributed by atoms with van der Waals surface area (Å²) >= 11 is 0. The Kier molecular flexibility index (Phi) is 10.9. The molecule has 7 heteroatoms. The first-order chi connectivity index (χ1) is 12.1. The monoisotopic (exact) mass is 365 g/mol. The molecular weight excluding hydrogens is 332 g/mol. The van der Waals surface area contributed by atoms with Crippen LogP contribution in [0.2, 0.25) is 0 Å². The van der Waals surface area contributed by atoms with Gasteiger partial charge in [0.25, 0.3) is 17.6 Å². The number of hydrogen-bond acceptors (Lipinski definition) is 3. The van der Waals surface area contributed by atoms with Crippen LogP contribution in [0.5, 0.6) is 0 Å². The highest BCUT2D eigenvalue weighted by Gasteiger charge is 2.26. The van der Waals surface area contributed by atoms with E-state index < -0.39 is 11.9 Å². The lowest BCUT2D eigenvalue weighted by atomic mass is 10.0. The van der Waals surface area contributed by atoms with Crippen molar-refractivity contribution >= 4 is 17.6 Å². The zero-order valence-electron chi connectivity index (χ0n) is 16.6. The van der Waals surface area contributed by atoms with E-state index in [4.69, 9.17) is 5.21 Å². The van der Waals surface area contributed by atoms with Crippen molar-refractivity contribution in [3.63, 3.8) is 0 Å². The number of carbonyl (C=O) groups excluding carboxylic acids is 2. The summed E-state index contributed by atoms with van der Waals surface area (Å²) in [6.45, 7) is 15.6. The van der Waals surface area contributed by atoms with Gasteiger partial charge in [-0.15, -0.1) is 0 Å². The van der Waals surface area contributed by atoms with Crippen LogP contribution in [0.4, 0.5) is 0 Å². The maximum atomic E-state index is 12.6. The fraction of sp³-hybridized carbons (Fsp3) is 0.526. The molecule has 5 N–H and O–H groups in total. The molecule has 0 aromatic heterocycles. The third-order valence-corrected chi connectivity index (χ3v) is 3.90. The SMILES string of the molecule is C=CC(N/C=C(C)/C=C/C(=O)NO)=[NH+][C@@H](C(=O)N[C@@H](C)C(C)C)C(C)C. The van der Waals surface area contributed by atoms with Crippen LogP contribution in [0.1, 0.15) is 41.5 Å². The Bertz CT molecular complexity index is 577. The third kappa shape index (κ3) is 9.17. The zero-order valence-corrected chi connectivity index (χ0v) is 16.6. The van der Waals surface area contributed by atoms with Gasteiger partial charge in [0.1, 0.15) is 0 Å². The van der Waals surface area contributed by atoms with Gasteiger partial charge in [-0.2, -0.15) is 0 Å². The molecule has 7 nitrogen and oxygen atoms in total. The number of allylic oxidation sites excluding steroid dienone is 2. The lowest BCUT2D eigenvalue weighted by molar-refractivity contribution is -0.497. The molecule has 0 bridgehead atoms. The van der Waals surface area contributed by atoms with Crippen molar-refractivity contribution in [1.82, 2.24) is 16.1 Å². The van der Waals surface area contributed by atoms with Gasteiger partial charge in [0, 0.05) is 24.1 Å².